The van der Waals surface area contributed by atoms with Crippen molar-refractivity contribution >= 4 is 12.0 Å². The summed E-state index contributed by atoms with van der Waals surface area (Å²) in [6.07, 6.45) is 5.15. The van der Waals surface area contributed by atoms with Gasteiger partial charge >= 0.3 is 6.09 Å². The molecule has 178 valence electrons. The largest absolute Gasteiger partial charge is 0.504 e. The second-order valence-corrected chi connectivity index (χ2v) is 10.2. The zero-order valence-corrected chi connectivity index (χ0v) is 19.9. The van der Waals surface area contributed by atoms with E-state index in [1.165, 1.54) is 7.11 Å². The van der Waals surface area contributed by atoms with Crippen LogP contribution in [0.1, 0.15) is 64.9 Å². The molecule has 0 radical (unpaired) electrons. The zero-order valence-electron chi connectivity index (χ0n) is 19.9. The minimum atomic E-state index is -0.237. The molecule has 0 aromatic heterocycles. The second kappa shape index (κ2) is 10.5. The summed E-state index contributed by atoms with van der Waals surface area (Å²) in [6, 6.07) is 5.02. The molecule has 2 aliphatic rings. The van der Waals surface area contributed by atoms with Crippen molar-refractivity contribution in [3.8, 4) is 11.5 Å². The number of phenolic OH excluding ortho intramolecular Hbond substituents is 1. The number of aromatic hydroxyl groups is 1. The van der Waals surface area contributed by atoms with Crippen LogP contribution in [0.2, 0.25) is 0 Å². The highest BCUT2D eigenvalue weighted by molar-refractivity contribution is 5.79. The number of carbonyl (C=O) groups is 2. The van der Waals surface area contributed by atoms with E-state index in [-0.39, 0.29) is 29.8 Å². The van der Waals surface area contributed by atoms with Crippen LogP contribution in [0.3, 0.4) is 0 Å². The van der Waals surface area contributed by atoms with Gasteiger partial charge in [0.05, 0.1) is 7.11 Å². The van der Waals surface area contributed by atoms with Gasteiger partial charge in [-0.1, -0.05) is 26.8 Å². The van der Waals surface area contributed by atoms with Gasteiger partial charge in [-0.3, -0.25) is 4.79 Å². The number of nitrogens with zero attached hydrogens (tertiary/aromatic N) is 1. The lowest BCUT2D eigenvalue weighted by molar-refractivity contribution is -0.126. The molecule has 0 bridgehead atoms. The summed E-state index contributed by atoms with van der Waals surface area (Å²) < 4.78 is 10.9. The predicted molar refractivity (Wildman–Crippen MR) is 122 cm³/mol. The molecule has 7 heteroatoms. The van der Waals surface area contributed by atoms with Gasteiger partial charge < -0.3 is 24.8 Å². The fourth-order valence-electron chi connectivity index (χ4n) is 4.75. The number of carbonyl (C=O) groups excluding carboxylic acids is 2. The Labute approximate surface area is 191 Å². The number of methoxy groups -OCH3 is 1. The van der Waals surface area contributed by atoms with Crippen LogP contribution >= 0.6 is 0 Å². The Morgan fingerprint density at radius 1 is 1.09 bits per heavy atom. The van der Waals surface area contributed by atoms with Crippen molar-refractivity contribution in [2.24, 2.45) is 17.3 Å². The SMILES string of the molecule is COc1cc(CNC(=O)C2CCN(C(=O)O[C@H]3CC[C@@H](C(C)(C)C)CC3)CC2)ccc1O. The Morgan fingerprint density at radius 2 is 1.75 bits per heavy atom. The standard InChI is InChI=1S/C25H38N2O5/c1-25(2,3)19-6-8-20(9-7-19)32-24(30)27-13-11-18(12-14-27)23(29)26-16-17-5-10-21(28)22(15-17)31-4/h5,10,15,18-20,28H,6-9,11-14,16H2,1-4H3,(H,26,29)/t19-,20+. The lowest BCUT2D eigenvalue weighted by Gasteiger charge is -2.37. The Kier molecular flexibility index (Phi) is 7.91. The maximum atomic E-state index is 12.6. The summed E-state index contributed by atoms with van der Waals surface area (Å²) in [7, 11) is 1.49. The Hall–Kier alpha value is -2.44. The normalized spacial score (nSPS) is 22.3. The van der Waals surface area contributed by atoms with Gasteiger partial charge in [-0.25, -0.2) is 4.79 Å². The molecule has 1 aromatic carbocycles. The fraction of sp³-hybridized carbons (Fsp3) is 0.680. The van der Waals surface area contributed by atoms with Crippen molar-refractivity contribution in [1.29, 1.82) is 0 Å². The van der Waals surface area contributed by atoms with Crippen LogP contribution in [0.15, 0.2) is 18.2 Å². The van der Waals surface area contributed by atoms with Gasteiger partial charge in [-0.15, -0.1) is 0 Å². The highest BCUT2D eigenvalue weighted by Crippen LogP contribution is 2.38. The van der Waals surface area contributed by atoms with Crippen LogP contribution in [0.5, 0.6) is 11.5 Å². The Balaban J connectivity index is 1.39. The van der Waals surface area contributed by atoms with E-state index in [0.29, 0.717) is 49.6 Å². The first-order chi connectivity index (χ1) is 15.2. The first-order valence-corrected chi connectivity index (χ1v) is 11.8. The second-order valence-electron chi connectivity index (χ2n) is 10.2. The molecule has 1 aromatic rings. The average Bonchev–Trinajstić information content (AvgIpc) is 2.78. The summed E-state index contributed by atoms with van der Waals surface area (Å²) >= 11 is 0. The number of ether oxygens (including phenoxy) is 2. The van der Waals surface area contributed by atoms with E-state index >= 15 is 0 Å². The van der Waals surface area contributed by atoms with Crippen LogP contribution in [-0.2, 0) is 16.1 Å². The third-order valence-corrected chi connectivity index (χ3v) is 7.00. The number of piperidine rings is 1. The fourth-order valence-corrected chi connectivity index (χ4v) is 4.75. The molecule has 0 atom stereocenters. The van der Waals surface area contributed by atoms with Gasteiger partial charge in [0.2, 0.25) is 5.91 Å². The molecule has 7 nitrogen and oxygen atoms in total. The highest BCUT2D eigenvalue weighted by atomic mass is 16.6. The first kappa shape index (κ1) is 24.2. The number of likely N-dealkylation sites (tertiary alicyclic amines) is 1. The lowest BCUT2D eigenvalue weighted by atomic mass is 9.72. The van der Waals surface area contributed by atoms with Gasteiger partial charge in [0.25, 0.3) is 0 Å². The molecule has 2 amide bonds. The third kappa shape index (κ3) is 6.30. The number of rotatable bonds is 5. The van der Waals surface area contributed by atoms with Crippen molar-refractivity contribution in [2.75, 3.05) is 20.2 Å². The molecule has 3 rings (SSSR count). The molecule has 1 saturated carbocycles. The van der Waals surface area contributed by atoms with E-state index in [4.69, 9.17) is 9.47 Å². The summed E-state index contributed by atoms with van der Waals surface area (Å²) in [5, 5.41) is 12.6. The van der Waals surface area contributed by atoms with Gasteiger partial charge in [0.15, 0.2) is 11.5 Å². The number of hydrogen-bond donors (Lipinski definition) is 2. The number of amides is 2. The van der Waals surface area contributed by atoms with Crippen LogP contribution < -0.4 is 10.1 Å². The summed E-state index contributed by atoms with van der Waals surface area (Å²) in [5.41, 5.74) is 1.17. The summed E-state index contributed by atoms with van der Waals surface area (Å²) in [5.74, 6) is 1.03. The van der Waals surface area contributed by atoms with Crippen molar-refractivity contribution in [2.45, 2.75) is 71.9 Å². The molecule has 2 fully saturated rings. The monoisotopic (exact) mass is 446 g/mol. The Morgan fingerprint density at radius 3 is 2.34 bits per heavy atom. The molecule has 1 saturated heterocycles. The predicted octanol–water partition coefficient (Wildman–Crippen LogP) is 4.47. The number of hydrogen-bond acceptors (Lipinski definition) is 5. The van der Waals surface area contributed by atoms with Crippen molar-refractivity contribution in [3.05, 3.63) is 23.8 Å². The van der Waals surface area contributed by atoms with Gasteiger partial charge in [-0.2, -0.15) is 0 Å². The molecule has 2 N–H and O–H groups in total. The molecule has 1 aliphatic heterocycles. The van der Waals surface area contributed by atoms with Gasteiger partial charge in [0, 0.05) is 25.6 Å². The topological polar surface area (TPSA) is 88.1 Å². The van der Waals surface area contributed by atoms with E-state index in [2.05, 4.69) is 26.1 Å². The van der Waals surface area contributed by atoms with E-state index in [9.17, 15) is 14.7 Å². The van der Waals surface area contributed by atoms with Crippen LogP contribution in [0.4, 0.5) is 4.79 Å². The van der Waals surface area contributed by atoms with E-state index < -0.39 is 0 Å². The smallest absolute Gasteiger partial charge is 0.410 e. The highest BCUT2D eigenvalue weighted by Gasteiger charge is 2.33. The molecule has 32 heavy (non-hydrogen) atoms. The first-order valence-electron chi connectivity index (χ1n) is 11.8. The van der Waals surface area contributed by atoms with Crippen molar-refractivity contribution in [3.63, 3.8) is 0 Å². The van der Waals surface area contributed by atoms with E-state index in [1.54, 1.807) is 23.1 Å². The molecule has 1 aliphatic carbocycles. The van der Waals surface area contributed by atoms with E-state index in [1.807, 2.05) is 0 Å². The third-order valence-electron chi connectivity index (χ3n) is 7.00. The molecular weight excluding hydrogens is 408 g/mol. The molecule has 0 spiro atoms. The van der Waals surface area contributed by atoms with Crippen molar-refractivity contribution < 1.29 is 24.2 Å². The van der Waals surface area contributed by atoms with Crippen molar-refractivity contribution in [1.82, 2.24) is 10.2 Å². The maximum absolute atomic E-state index is 12.6. The average molecular weight is 447 g/mol. The minimum Gasteiger partial charge on any atom is -0.504 e. The van der Waals surface area contributed by atoms with Crippen LogP contribution in [0.25, 0.3) is 0 Å². The number of phenols is 1. The van der Waals surface area contributed by atoms with Gasteiger partial charge in [-0.05, 0) is 67.6 Å². The van der Waals surface area contributed by atoms with Crippen LogP contribution in [-0.4, -0.2) is 48.3 Å². The van der Waals surface area contributed by atoms with E-state index in [0.717, 1.165) is 31.2 Å². The molecule has 1 heterocycles. The molecule has 0 unspecified atom stereocenters. The van der Waals surface area contributed by atoms with Crippen LogP contribution in [0, 0.1) is 17.3 Å². The Bertz CT molecular complexity index is 788. The van der Waals surface area contributed by atoms with Gasteiger partial charge in [0.1, 0.15) is 6.10 Å². The molecular formula is C25H38N2O5. The summed E-state index contributed by atoms with van der Waals surface area (Å²) in [6.45, 7) is 8.31. The number of benzene rings is 1. The minimum absolute atomic E-state index is 0.00874. The quantitative estimate of drug-likeness (QED) is 0.697. The zero-order chi connectivity index (χ0) is 23.3. The number of nitrogens with one attached hydrogen (secondary N) is 1. The maximum Gasteiger partial charge on any atom is 0.410 e. The lowest BCUT2D eigenvalue weighted by Crippen LogP contribution is -2.44. The summed E-state index contributed by atoms with van der Waals surface area (Å²) in [4.78, 5) is 26.9.